The molecule has 0 radical (unpaired) electrons. The van der Waals surface area contributed by atoms with Crippen LogP contribution >= 0.6 is 0 Å². The zero-order valence-corrected chi connectivity index (χ0v) is 10.5. The Labute approximate surface area is 102 Å². The summed E-state index contributed by atoms with van der Waals surface area (Å²) in [7, 11) is 3.98. The fraction of sp³-hybridized carbons (Fsp3) is 0.750. The molecule has 0 amide bonds. The van der Waals surface area contributed by atoms with Crippen LogP contribution in [0.1, 0.15) is 12.0 Å². The first-order valence-corrected chi connectivity index (χ1v) is 6.07. The van der Waals surface area contributed by atoms with Crippen LogP contribution in [0.2, 0.25) is 0 Å². The second-order valence-electron chi connectivity index (χ2n) is 4.91. The van der Waals surface area contributed by atoms with Gasteiger partial charge in [-0.3, -0.25) is 4.68 Å². The zero-order chi connectivity index (χ0) is 12.3. The maximum Gasteiger partial charge on any atom is 0.0624 e. The van der Waals surface area contributed by atoms with Crippen molar-refractivity contribution in [3.63, 3.8) is 0 Å². The van der Waals surface area contributed by atoms with Gasteiger partial charge in [-0.25, -0.2) is 0 Å². The summed E-state index contributed by atoms with van der Waals surface area (Å²) in [4.78, 5) is 2.21. The van der Waals surface area contributed by atoms with Crippen molar-refractivity contribution in [1.82, 2.24) is 14.7 Å². The van der Waals surface area contributed by atoms with Crippen molar-refractivity contribution in [3.05, 3.63) is 18.0 Å². The maximum absolute atomic E-state index is 9.86. The summed E-state index contributed by atoms with van der Waals surface area (Å²) in [6.45, 7) is 3.07. The predicted molar refractivity (Wildman–Crippen MR) is 64.5 cm³/mol. The molecule has 2 rings (SSSR count). The summed E-state index contributed by atoms with van der Waals surface area (Å²) in [6, 6.07) is 0. The molecular formula is C12H21N3O2. The Hall–Kier alpha value is -0.910. The molecule has 1 fully saturated rings. The van der Waals surface area contributed by atoms with Gasteiger partial charge in [0.1, 0.15) is 0 Å². The third-order valence-electron chi connectivity index (χ3n) is 3.19. The van der Waals surface area contributed by atoms with Crippen LogP contribution in [-0.4, -0.2) is 52.7 Å². The fourth-order valence-electron chi connectivity index (χ4n) is 2.29. The predicted octanol–water partition coefficient (Wildman–Crippen LogP) is 0.249. The molecule has 1 N–H and O–H groups in total. The lowest BCUT2D eigenvalue weighted by atomic mass is 9.98. The number of rotatable bonds is 4. The monoisotopic (exact) mass is 239 g/mol. The summed E-state index contributed by atoms with van der Waals surface area (Å²) in [5.74, 6) is 0.227. The third kappa shape index (κ3) is 3.52. The Morgan fingerprint density at radius 1 is 1.65 bits per heavy atom. The molecule has 5 heteroatoms. The van der Waals surface area contributed by atoms with Gasteiger partial charge in [-0.05, 0) is 13.5 Å². The van der Waals surface area contributed by atoms with Crippen molar-refractivity contribution < 1.29 is 9.84 Å². The Bertz CT molecular complexity index is 353. The highest BCUT2D eigenvalue weighted by atomic mass is 16.5. The molecule has 1 aromatic rings. The van der Waals surface area contributed by atoms with Crippen molar-refractivity contribution in [2.45, 2.75) is 19.1 Å². The van der Waals surface area contributed by atoms with E-state index in [1.807, 2.05) is 24.1 Å². The van der Waals surface area contributed by atoms with Crippen LogP contribution in [0.3, 0.4) is 0 Å². The highest BCUT2D eigenvalue weighted by Gasteiger charge is 2.24. The number of aryl methyl sites for hydroxylation is 1. The Morgan fingerprint density at radius 2 is 2.47 bits per heavy atom. The van der Waals surface area contributed by atoms with E-state index in [-0.39, 0.29) is 12.0 Å². The summed E-state index contributed by atoms with van der Waals surface area (Å²) in [5, 5.41) is 14.0. The molecule has 1 saturated heterocycles. The van der Waals surface area contributed by atoms with Gasteiger partial charge in [0.2, 0.25) is 0 Å². The topological polar surface area (TPSA) is 50.5 Å². The van der Waals surface area contributed by atoms with Gasteiger partial charge >= 0.3 is 0 Å². The van der Waals surface area contributed by atoms with Gasteiger partial charge in [0.15, 0.2) is 0 Å². The summed E-state index contributed by atoms with van der Waals surface area (Å²) in [5.41, 5.74) is 1.20. The molecule has 2 atom stereocenters. The highest BCUT2D eigenvalue weighted by molar-refractivity contribution is 5.03. The number of aliphatic hydroxyl groups excluding tert-OH is 1. The van der Waals surface area contributed by atoms with Gasteiger partial charge in [0.05, 0.1) is 18.9 Å². The Morgan fingerprint density at radius 3 is 3.12 bits per heavy atom. The van der Waals surface area contributed by atoms with Crippen LogP contribution in [0.25, 0.3) is 0 Å². The number of nitrogens with zero attached hydrogens (tertiary/aromatic N) is 3. The van der Waals surface area contributed by atoms with E-state index in [0.717, 1.165) is 19.5 Å². The molecule has 0 bridgehead atoms. The van der Waals surface area contributed by atoms with E-state index in [9.17, 15) is 5.11 Å². The molecule has 0 saturated carbocycles. The number of aliphatic hydroxyl groups is 1. The molecular weight excluding hydrogens is 218 g/mol. The molecule has 96 valence electrons. The summed E-state index contributed by atoms with van der Waals surface area (Å²) in [6.07, 6.45) is 4.43. The van der Waals surface area contributed by atoms with Crippen LogP contribution in [0.15, 0.2) is 12.4 Å². The van der Waals surface area contributed by atoms with Gasteiger partial charge in [-0.1, -0.05) is 0 Å². The first kappa shape index (κ1) is 12.5. The first-order chi connectivity index (χ1) is 8.15. The number of ether oxygens (including phenoxy) is 1. The minimum absolute atomic E-state index is 0.222. The number of hydrogen-bond donors (Lipinski definition) is 1. The minimum atomic E-state index is -0.222. The molecule has 0 aliphatic carbocycles. The lowest BCUT2D eigenvalue weighted by Gasteiger charge is -2.31. The van der Waals surface area contributed by atoms with Crippen LogP contribution in [0.5, 0.6) is 0 Å². The van der Waals surface area contributed by atoms with E-state index in [0.29, 0.717) is 13.2 Å². The van der Waals surface area contributed by atoms with Crippen molar-refractivity contribution in [2.24, 2.45) is 13.0 Å². The van der Waals surface area contributed by atoms with Gasteiger partial charge in [0, 0.05) is 44.4 Å². The van der Waals surface area contributed by atoms with Crippen molar-refractivity contribution in [2.75, 3.05) is 26.8 Å². The second kappa shape index (κ2) is 5.62. The van der Waals surface area contributed by atoms with Gasteiger partial charge in [0.25, 0.3) is 0 Å². The maximum atomic E-state index is 9.86. The SMILES string of the molecule is CN(Cc1cnn(C)c1)CC1COCCC1O. The standard InChI is InChI=1S/C12H21N3O2/c1-14(6-10-5-13-15(2)7-10)8-11-9-17-4-3-12(11)16/h5,7,11-12,16H,3-4,6,8-9H2,1-2H3. The van der Waals surface area contributed by atoms with E-state index >= 15 is 0 Å². The zero-order valence-electron chi connectivity index (χ0n) is 10.5. The van der Waals surface area contributed by atoms with Crippen molar-refractivity contribution in [1.29, 1.82) is 0 Å². The van der Waals surface area contributed by atoms with Crippen LogP contribution < -0.4 is 0 Å². The lowest BCUT2D eigenvalue weighted by Crippen LogP contribution is -2.39. The molecule has 2 heterocycles. The molecule has 17 heavy (non-hydrogen) atoms. The van der Waals surface area contributed by atoms with E-state index in [1.54, 1.807) is 0 Å². The quantitative estimate of drug-likeness (QED) is 0.818. The van der Waals surface area contributed by atoms with Gasteiger partial charge in [-0.2, -0.15) is 5.10 Å². The van der Waals surface area contributed by atoms with Crippen LogP contribution in [-0.2, 0) is 18.3 Å². The molecule has 1 aliphatic rings. The first-order valence-electron chi connectivity index (χ1n) is 6.07. The normalized spacial score (nSPS) is 25.4. The van der Waals surface area contributed by atoms with E-state index in [1.165, 1.54) is 5.56 Å². The highest BCUT2D eigenvalue weighted by Crippen LogP contribution is 2.16. The number of aromatic nitrogens is 2. The fourth-order valence-corrected chi connectivity index (χ4v) is 2.29. The lowest BCUT2D eigenvalue weighted by molar-refractivity contribution is -0.0451. The summed E-state index contributed by atoms with van der Waals surface area (Å²) < 4.78 is 7.21. The third-order valence-corrected chi connectivity index (χ3v) is 3.19. The summed E-state index contributed by atoms with van der Waals surface area (Å²) >= 11 is 0. The van der Waals surface area contributed by atoms with Crippen molar-refractivity contribution >= 4 is 0 Å². The Balaban J connectivity index is 1.82. The smallest absolute Gasteiger partial charge is 0.0624 e. The van der Waals surface area contributed by atoms with Crippen LogP contribution in [0, 0.1) is 5.92 Å². The molecule has 0 aromatic carbocycles. The van der Waals surface area contributed by atoms with Crippen molar-refractivity contribution in [3.8, 4) is 0 Å². The van der Waals surface area contributed by atoms with Gasteiger partial charge in [-0.15, -0.1) is 0 Å². The van der Waals surface area contributed by atoms with Crippen LogP contribution in [0.4, 0.5) is 0 Å². The molecule has 1 aromatic heterocycles. The van der Waals surface area contributed by atoms with E-state index in [2.05, 4.69) is 17.0 Å². The second-order valence-corrected chi connectivity index (χ2v) is 4.91. The molecule has 2 unspecified atom stereocenters. The van der Waals surface area contributed by atoms with Gasteiger partial charge < -0.3 is 14.7 Å². The minimum Gasteiger partial charge on any atom is -0.393 e. The molecule has 5 nitrogen and oxygen atoms in total. The van der Waals surface area contributed by atoms with E-state index in [4.69, 9.17) is 4.74 Å². The average Bonchev–Trinajstić information content (AvgIpc) is 2.67. The molecule has 1 aliphatic heterocycles. The Kier molecular flexibility index (Phi) is 4.15. The molecule has 0 spiro atoms. The largest absolute Gasteiger partial charge is 0.393 e. The average molecular weight is 239 g/mol. The number of hydrogen-bond acceptors (Lipinski definition) is 4. The van der Waals surface area contributed by atoms with E-state index < -0.39 is 0 Å².